The number of carbonyl (C=O) groups is 1. The van der Waals surface area contributed by atoms with E-state index in [0.717, 1.165) is 34.8 Å². The first-order chi connectivity index (χ1) is 17.1. The fraction of sp³-hybridized carbons (Fsp3) is 0.148. The van der Waals surface area contributed by atoms with E-state index in [4.69, 9.17) is 0 Å². The van der Waals surface area contributed by atoms with Gasteiger partial charge in [-0.15, -0.1) is 0 Å². The summed E-state index contributed by atoms with van der Waals surface area (Å²) >= 11 is 0. The average molecular weight is 492 g/mol. The van der Waals surface area contributed by atoms with Gasteiger partial charge in [-0.25, -0.2) is 4.98 Å². The molecule has 184 valence electrons. The maximum Gasteiger partial charge on any atom is 0.416 e. The Morgan fingerprint density at radius 2 is 1.44 bits per heavy atom. The summed E-state index contributed by atoms with van der Waals surface area (Å²) in [5, 5.41) is 9.10. The van der Waals surface area contributed by atoms with Crippen LogP contribution >= 0.6 is 0 Å². The topological polar surface area (TPSA) is 78.9 Å². The molecule has 1 heterocycles. The quantitative estimate of drug-likeness (QED) is 0.266. The van der Waals surface area contributed by atoms with E-state index in [0.29, 0.717) is 17.5 Å². The Labute approximate surface area is 206 Å². The molecule has 0 spiro atoms. The highest BCUT2D eigenvalue weighted by atomic mass is 19.4. The lowest BCUT2D eigenvalue weighted by Gasteiger charge is -2.11. The molecule has 3 aromatic carbocycles. The lowest BCUT2D eigenvalue weighted by molar-refractivity contribution is -0.137. The van der Waals surface area contributed by atoms with Crippen LogP contribution in [-0.2, 0) is 17.4 Å². The van der Waals surface area contributed by atoms with Crippen LogP contribution in [0.3, 0.4) is 0 Å². The Morgan fingerprint density at radius 3 is 2.14 bits per heavy atom. The maximum absolute atomic E-state index is 12.9. The molecular formula is C27H24F3N5O. The number of carbonyl (C=O) groups excluding carboxylic acids is 1. The van der Waals surface area contributed by atoms with Gasteiger partial charge < -0.3 is 16.0 Å². The Morgan fingerprint density at radius 1 is 0.806 bits per heavy atom. The van der Waals surface area contributed by atoms with Crippen molar-refractivity contribution >= 4 is 34.7 Å². The van der Waals surface area contributed by atoms with E-state index in [1.807, 2.05) is 44.2 Å². The van der Waals surface area contributed by atoms with Gasteiger partial charge in [0.1, 0.15) is 5.82 Å². The normalized spacial score (nSPS) is 11.1. The first kappa shape index (κ1) is 24.7. The second kappa shape index (κ2) is 10.5. The average Bonchev–Trinajstić information content (AvgIpc) is 2.81. The van der Waals surface area contributed by atoms with Crippen LogP contribution in [0.2, 0.25) is 0 Å². The van der Waals surface area contributed by atoms with Crippen LogP contribution in [0.15, 0.2) is 78.9 Å². The van der Waals surface area contributed by atoms with Crippen molar-refractivity contribution in [2.24, 2.45) is 0 Å². The Hall–Kier alpha value is -4.40. The van der Waals surface area contributed by atoms with Gasteiger partial charge in [0.25, 0.3) is 0 Å². The summed E-state index contributed by atoms with van der Waals surface area (Å²) in [6.07, 6.45) is -4.62. The molecule has 1 aromatic heterocycles. The molecular weight excluding hydrogens is 467 g/mol. The van der Waals surface area contributed by atoms with Crippen molar-refractivity contribution in [3.8, 4) is 0 Å². The second-order valence-corrected chi connectivity index (χ2v) is 8.33. The van der Waals surface area contributed by atoms with Gasteiger partial charge in [-0.3, -0.25) is 4.79 Å². The first-order valence-corrected chi connectivity index (χ1v) is 11.2. The Bertz CT molecular complexity index is 1350. The summed E-state index contributed by atoms with van der Waals surface area (Å²) in [7, 11) is 0. The SMILES string of the molecule is Cc1ccc(Nc2nc(C)cc(Nc3ccc(NC(=O)Cc4cccc(C(F)(F)F)c4)cc3)n2)cc1. The number of nitrogens with one attached hydrogen (secondary N) is 3. The predicted octanol–water partition coefficient (Wildman–Crippen LogP) is 6.78. The largest absolute Gasteiger partial charge is 0.416 e. The molecule has 0 fully saturated rings. The number of nitrogens with zero attached hydrogens (tertiary/aromatic N) is 2. The van der Waals surface area contributed by atoms with E-state index in [1.54, 1.807) is 24.3 Å². The van der Waals surface area contributed by atoms with Crippen molar-refractivity contribution in [2.75, 3.05) is 16.0 Å². The molecule has 0 unspecified atom stereocenters. The minimum Gasteiger partial charge on any atom is -0.340 e. The number of alkyl halides is 3. The summed E-state index contributed by atoms with van der Waals surface area (Å²) < 4.78 is 38.7. The molecule has 0 aliphatic heterocycles. The molecule has 3 N–H and O–H groups in total. The fourth-order valence-corrected chi connectivity index (χ4v) is 3.49. The fourth-order valence-electron chi connectivity index (χ4n) is 3.49. The van der Waals surface area contributed by atoms with Crippen LogP contribution in [0.5, 0.6) is 0 Å². The lowest BCUT2D eigenvalue weighted by atomic mass is 10.1. The molecule has 0 bridgehead atoms. The predicted molar refractivity (Wildman–Crippen MR) is 135 cm³/mol. The van der Waals surface area contributed by atoms with Crippen LogP contribution in [0, 0.1) is 13.8 Å². The molecule has 4 aromatic rings. The zero-order chi connectivity index (χ0) is 25.7. The van der Waals surface area contributed by atoms with E-state index in [9.17, 15) is 18.0 Å². The maximum atomic E-state index is 12.9. The smallest absolute Gasteiger partial charge is 0.340 e. The molecule has 1 amide bonds. The highest BCUT2D eigenvalue weighted by Crippen LogP contribution is 2.29. The van der Waals surface area contributed by atoms with E-state index in [-0.39, 0.29) is 12.0 Å². The van der Waals surface area contributed by atoms with Gasteiger partial charge in [-0.2, -0.15) is 18.2 Å². The molecule has 0 saturated carbocycles. The zero-order valence-corrected chi connectivity index (χ0v) is 19.6. The molecule has 0 atom stereocenters. The van der Waals surface area contributed by atoms with Crippen molar-refractivity contribution in [1.29, 1.82) is 0 Å². The molecule has 0 radical (unpaired) electrons. The van der Waals surface area contributed by atoms with Crippen LogP contribution in [0.1, 0.15) is 22.4 Å². The number of hydrogen-bond donors (Lipinski definition) is 3. The summed E-state index contributed by atoms with van der Waals surface area (Å²) in [6, 6.07) is 21.4. The number of hydrogen-bond acceptors (Lipinski definition) is 5. The van der Waals surface area contributed by atoms with E-state index >= 15 is 0 Å². The molecule has 36 heavy (non-hydrogen) atoms. The van der Waals surface area contributed by atoms with Crippen molar-refractivity contribution in [3.05, 3.63) is 101 Å². The standard InChI is InChI=1S/C27H24F3N5O/c1-17-6-8-23(9-7-17)34-26-31-18(2)14-24(35-26)32-21-10-12-22(13-11-21)33-25(36)16-19-4-3-5-20(15-19)27(28,29)30/h3-15H,16H2,1-2H3,(H,33,36)(H2,31,32,34,35). The number of halogens is 3. The highest BCUT2D eigenvalue weighted by Gasteiger charge is 2.30. The van der Waals surface area contributed by atoms with Gasteiger partial charge >= 0.3 is 6.18 Å². The monoisotopic (exact) mass is 491 g/mol. The second-order valence-electron chi connectivity index (χ2n) is 8.33. The van der Waals surface area contributed by atoms with Gasteiger partial charge in [0.15, 0.2) is 0 Å². The number of benzene rings is 3. The van der Waals surface area contributed by atoms with Crippen LogP contribution < -0.4 is 16.0 Å². The van der Waals surface area contributed by atoms with Crippen LogP contribution in [0.4, 0.5) is 42.0 Å². The number of anilines is 5. The van der Waals surface area contributed by atoms with Gasteiger partial charge in [-0.05, 0) is 61.9 Å². The zero-order valence-electron chi connectivity index (χ0n) is 19.6. The third kappa shape index (κ3) is 6.82. The van der Waals surface area contributed by atoms with E-state index < -0.39 is 17.6 Å². The summed E-state index contributed by atoms with van der Waals surface area (Å²) in [4.78, 5) is 21.3. The van der Waals surface area contributed by atoms with Crippen LogP contribution in [-0.4, -0.2) is 15.9 Å². The lowest BCUT2D eigenvalue weighted by Crippen LogP contribution is -2.15. The first-order valence-electron chi connectivity index (χ1n) is 11.2. The molecule has 0 aliphatic rings. The summed E-state index contributed by atoms with van der Waals surface area (Å²) in [5.74, 6) is 0.645. The van der Waals surface area contributed by atoms with Gasteiger partial charge in [0.2, 0.25) is 11.9 Å². The highest BCUT2D eigenvalue weighted by molar-refractivity contribution is 5.92. The molecule has 9 heteroatoms. The molecule has 6 nitrogen and oxygen atoms in total. The molecule has 0 saturated heterocycles. The minimum atomic E-state index is -4.45. The summed E-state index contributed by atoms with van der Waals surface area (Å²) in [5.41, 5.74) is 3.59. The van der Waals surface area contributed by atoms with Crippen LogP contribution in [0.25, 0.3) is 0 Å². The Balaban J connectivity index is 1.37. The molecule has 4 rings (SSSR count). The van der Waals surface area contributed by atoms with Gasteiger partial charge in [0, 0.05) is 28.8 Å². The minimum absolute atomic E-state index is 0.166. The van der Waals surface area contributed by atoms with E-state index in [1.165, 1.54) is 12.1 Å². The number of aryl methyl sites for hydroxylation is 2. The Kier molecular flexibility index (Phi) is 7.19. The third-order valence-corrected chi connectivity index (χ3v) is 5.22. The van der Waals surface area contributed by atoms with Crippen molar-refractivity contribution in [3.63, 3.8) is 0 Å². The van der Waals surface area contributed by atoms with Gasteiger partial charge in [0.05, 0.1) is 12.0 Å². The van der Waals surface area contributed by atoms with Crippen molar-refractivity contribution in [2.45, 2.75) is 26.4 Å². The number of rotatable bonds is 7. The summed E-state index contributed by atoms with van der Waals surface area (Å²) in [6.45, 7) is 3.89. The van der Waals surface area contributed by atoms with Gasteiger partial charge in [-0.1, -0.05) is 35.9 Å². The van der Waals surface area contributed by atoms with Crippen molar-refractivity contribution < 1.29 is 18.0 Å². The molecule has 0 aliphatic carbocycles. The van der Waals surface area contributed by atoms with Crippen molar-refractivity contribution in [1.82, 2.24) is 9.97 Å². The third-order valence-electron chi connectivity index (χ3n) is 5.22. The number of aromatic nitrogens is 2. The van der Waals surface area contributed by atoms with E-state index in [2.05, 4.69) is 25.9 Å². The number of amides is 1.